The summed E-state index contributed by atoms with van der Waals surface area (Å²) >= 11 is 0. The van der Waals surface area contributed by atoms with E-state index in [4.69, 9.17) is 0 Å². The summed E-state index contributed by atoms with van der Waals surface area (Å²) in [5, 5.41) is 0. The Bertz CT molecular complexity index is 2620. The van der Waals surface area contributed by atoms with Crippen molar-refractivity contribution in [2.24, 2.45) is 104 Å². The van der Waals surface area contributed by atoms with Gasteiger partial charge < -0.3 is 0 Å². The molecule has 0 amide bonds. The maximum atomic E-state index is 12.3. The third-order valence-corrected chi connectivity index (χ3v) is 23.6. The van der Waals surface area contributed by atoms with Crippen LogP contribution in [0.3, 0.4) is 0 Å². The Labute approximate surface area is 808 Å². The van der Waals surface area contributed by atoms with Crippen molar-refractivity contribution in [3.8, 4) is 0 Å². The second-order valence-corrected chi connectivity index (χ2v) is 40.7. The Hall–Kier alpha value is -2.94. The van der Waals surface area contributed by atoms with Crippen molar-refractivity contribution in [3.63, 3.8) is 0 Å². The molecular formula is C97H180F42. The largest absolute Gasteiger partial charge is 0.400 e. The van der Waals surface area contributed by atoms with Crippen LogP contribution in [0.5, 0.6) is 0 Å². The maximum absolute atomic E-state index is 12.3. The molecule has 0 aliphatic carbocycles. The highest BCUT2D eigenvalue weighted by atomic mass is 19.5. The molecule has 0 aromatic carbocycles. The van der Waals surface area contributed by atoms with Crippen LogP contribution in [0.4, 0.5) is 184 Å². The molecule has 0 fully saturated rings. The molecule has 0 aromatic rings. The molecule has 0 N–H and O–H groups in total. The second kappa shape index (κ2) is 74.9. The Balaban J connectivity index is -0.000000101. The molecule has 0 aliphatic rings. The molecule has 0 nitrogen and oxygen atoms in total. The van der Waals surface area contributed by atoms with Crippen LogP contribution in [0.25, 0.3) is 0 Å². The SMILES string of the molecule is CC(C)(C)C(C)(C)C(F)(F)F.CC(C)C(C)(C)C(F)(F)F.CC(C)CC(C(F)(F)F)C(F)(F)F.CCC(C)(C)C.CCC(C)(C)CC(F)(F)F.CCC(C)CC.CCC(C)[C@@H](C)C(F)(F)F.CCC(CC)CC(F)(F)F.CCCC(C)(C)C(F)(F)F.CCCCC(C(F)(F)F)C(F)(F)F.CCCCCCC(F)(F)F.CCCC[C@H](C)C(F)(F)F.CCC[C@H](C)CC(F)(F)F.CC[C@H](C)C(C)C(F)(F)F. The number of rotatable bonds is 29. The third kappa shape index (κ3) is 108. The van der Waals surface area contributed by atoms with E-state index in [9.17, 15) is 184 Å². The lowest BCUT2D eigenvalue weighted by molar-refractivity contribution is -0.288. The summed E-state index contributed by atoms with van der Waals surface area (Å²) in [6, 6.07) is 0. The van der Waals surface area contributed by atoms with Crippen molar-refractivity contribution < 1.29 is 184 Å². The fourth-order valence-electron chi connectivity index (χ4n) is 8.99. The van der Waals surface area contributed by atoms with Gasteiger partial charge in [0.25, 0.3) is 0 Å². The highest BCUT2D eigenvalue weighted by Gasteiger charge is 2.58. The average Bonchev–Trinajstić information content (AvgIpc) is 0.783. The van der Waals surface area contributed by atoms with Crippen molar-refractivity contribution in [1.82, 2.24) is 0 Å². The standard InChI is InChI=1S/C8H15F3.2C7H10F6.9C7H13F3.2C6H14/c1-6(2,3)7(4,5)8(9,10)11;1-4(2)3-5(6(8,9)10)7(11,12)13;1-2-3-4-5(6(8,9)10)7(11,12)13;1-5(2)6(3,4)7(8,9)10;1-4-6(2,3)5-7(8,9)10;1-4-5-6(2,3)7(8,9)10;2*1-4-5(2)6(3)7(8,9)10;1-3-4-6(2)5-7(8,9)10;1-3-4-5-6(2)7(8,9)10;1-3-6(4-2)5-7(8,9)10;1-2-3-4-5-6-7(8,9)10;1-5-6(2,3)4;1-4-6(3)5-2/h1-5H3;4-5H,3H2,1-2H3;5H,2-4H2,1H3;5H,1-4H3;2*4-5H2,1-3H3;2*5-6H,4H2,1-3H3;3*6H,3-5H2,1-2H3;2-6H2,1H3;5H2,1-4H3;6H,4-5H2,1-3H3/t;;;;;;5?,6-;5-,6?;2*6-;;;;/m......1000..../s1. The van der Waals surface area contributed by atoms with E-state index in [0.717, 1.165) is 31.6 Å². The highest BCUT2D eigenvalue weighted by Crippen LogP contribution is 2.51. The number of halogens is 42. The predicted octanol–water partition coefficient (Wildman–Crippen LogP) is 46.3. The van der Waals surface area contributed by atoms with Crippen molar-refractivity contribution in [3.05, 3.63) is 0 Å². The zero-order valence-corrected chi connectivity index (χ0v) is 89.9. The van der Waals surface area contributed by atoms with Gasteiger partial charge in [0.15, 0.2) is 11.8 Å². The Morgan fingerprint density at radius 3 is 0.705 bits per heavy atom. The number of unbranched alkanes of at least 4 members (excludes halogenated alkanes) is 5. The molecule has 139 heavy (non-hydrogen) atoms. The molecule has 42 heteroatoms. The molecule has 0 aliphatic heterocycles. The quantitative estimate of drug-likeness (QED) is 0.0517. The zero-order valence-electron chi connectivity index (χ0n) is 89.9. The van der Waals surface area contributed by atoms with Crippen LogP contribution < -0.4 is 0 Å². The maximum Gasteiger partial charge on any atom is 0.400 e. The van der Waals surface area contributed by atoms with Crippen LogP contribution in [-0.2, 0) is 0 Å². The molecular weight excluding hydrogens is 1960 g/mol. The first-order chi connectivity index (χ1) is 60.7. The fourth-order valence-corrected chi connectivity index (χ4v) is 8.99. The van der Waals surface area contributed by atoms with Crippen LogP contribution in [-0.4, -0.2) is 86.5 Å². The van der Waals surface area contributed by atoms with Crippen molar-refractivity contribution >= 4 is 0 Å². The van der Waals surface area contributed by atoms with Gasteiger partial charge in [-0.1, -0.05) is 379 Å². The minimum atomic E-state index is -5.19. The lowest BCUT2D eigenvalue weighted by atomic mass is 9.69. The molecule has 0 heterocycles. The lowest BCUT2D eigenvalue weighted by Crippen LogP contribution is -2.43. The van der Waals surface area contributed by atoms with E-state index < -0.39 is 188 Å². The second-order valence-electron chi connectivity index (χ2n) is 40.7. The topological polar surface area (TPSA) is 0 Å². The van der Waals surface area contributed by atoms with E-state index in [1.165, 1.54) is 95.4 Å². The van der Waals surface area contributed by atoms with Crippen LogP contribution in [0.15, 0.2) is 0 Å². The van der Waals surface area contributed by atoms with Gasteiger partial charge in [-0.05, 0) is 89.8 Å². The minimum Gasteiger partial charge on any atom is -0.171 e. The van der Waals surface area contributed by atoms with Gasteiger partial charge in [0.1, 0.15) is 0 Å². The van der Waals surface area contributed by atoms with Gasteiger partial charge in [0, 0.05) is 25.7 Å². The summed E-state index contributed by atoms with van der Waals surface area (Å²) in [6.07, 6.45) is -51.2. The molecule has 2 unspecified atom stereocenters. The first-order valence-corrected chi connectivity index (χ1v) is 47.6. The summed E-state index contributed by atoms with van der Waals surface area (Å²) < 4.78 is 498. The smallest absolute Gasteiger partial charge is 0.171 e. The summed E-state index contributed by atoms with van der Waals surface area (Å²) in [7, 11) is 0. The average molecular weight is 2140 g/mol. The molecule has 0 rings (SSSR count). The molecule has 0 saturated carbocycles. The van der Waals surface area contributed by atoms with Gasteiger partial charge >= 0.3 is 86.5 Å². The van der Waals surface area contributed by atoms with E-state index in [1.807, 2.05) is 20.8 Å². The Kier molecular flexibility index (Phi) is 89.7. The summed E-state index contributed by atoms with van der Waals surface area (Å²) in [5.74, 6) is -10.8. The van der Waals surface area contributed by atoms with E-state index in [1.54, 1.807) is 118 Å². The monoisotopic (exact) mass is 2140 g/mol. The zero-order chi connectivity index (χ0) is 116. The van der Waals surface area contributed by atoms with Gasteiger partial charge in [0.05, 0.1) is 34.0 Å². The molecule has 0 spiro atoms. The van der Waals surface area contributed by atoms with Crippen LogP contribution in [0.2, 0.25) is 0 Å². The predicted molar refractivity (Wildman–Crippen MR) is 482 cm³/mol. The van der Waals surface area contributed by atoms with E-state index in [0.29, 0.717) is 69.6 Å². The van der Waals surface area contributed by atoms with Crippen LogP contribution in [0, 0.1) is 104 Å². The summed E-state index contributed by atoms with van der Waals surface area (Å²) in [6.45, 7) is 63.4. The van der Waals surface area contributed by atoms with Gasteiger partial charge in [-0.15, -0.1) is 0 Å². The Morgan fingerprint density at radius 1 is 0.252 bits per heavy atom. The number of alkyl halides is 42. The van der Waals surface area contributed by atoms with E-state index in [2.05, 4.69) is 48.5 Å². The van der Waals surface area contributed by atoms with Crippen LogP contribution in [0.1, 0.15) is 436 Å². The first-order valence-electron chi connectivity index (χ1n) is 47.6. The van der Waals surface area contributed by atoms with Crippen molar-refractivity contribution in [2.45, 2.75) is 523 Å². The first kappa shape index (κ1) is 167. The molecule has 0 radical (unpaired) electrons. The van der Waals surface area contributed by atoms with Gasteiger partial charge in [-0.25, -0.2) is 0 Å². The van der Waals surface area contributed by atoms with E-state index in [-0.39, 0.29) is 55.3 Å². The highest BCUT2D eigenvalue weighted by molar-refractivity contribution is 4.89. The third-order valence-electron chi connectivity index (χ3n) is 23.6. The molecule has 0 aromatic heterocycles. The molecule has 6 atom stereocenters. The van der Waals surface area contributed by atoms with E-state index >= 15 is 0 Å². The number of hydrogen-bond acceptors (Lipinski definition) is 0. The minimum absolute atomic E-state index is 0.0658. The van der Waals surface area contributed by atoms with Crippen molar-refractivity contribution in [1.29, 1.82) is 0 Å². The normalized spacial score (nSPS) is 14.5. The summed E-state index contributed by atoms with van der Waals surface area (Å²) in [4.78, 5) is 0. The lowest BCUT2D eigenvalue weighted by Gasteiger charge is -2.40. The molecule has 0 saturated heterocycles. The molecule has 0 bridgehead atoms. The van der Waals surface area contributed by atoms with Gasteiger partial charge in [0.2, 0.25) is 0 Å². The van der Waals surface area contributed by atoms with Gasteiger partial charge in [-0.2, -0.15) is 184 Å². The Morgan fingerprint density at radius 2 is 0.576 bits per heavy atom. The van der Waals surface area contributed by atoms with Gasteiger partial charge in [-0.3, -0.25) is 0 Å². The van der Waals surface area contributed by atoms with Crippen LogP contribution >= 0.6 is 0 Å². The summed E-state index contributed by atoms with van der Waals surface area (Å²) in [5.41, 5.74) is -5.50. The van der Waals surface area contributed by atoms with Crippen molar-refractivity contribution in [2.75, 3.05) is 0 Å². The number of hydrogen-bond donors (Lipinski definition) is 0. The molecule has 862 valence electrons. The fraction of sp³-hybridized carbons (Fsp3) is 1.00.